The van der Waals surface area contributed by atoms with Gasteiger partial charge in [0, 0.05) is 35.3 Å². The first kappa shape index (κ1) is 39.7. The van der Waals surface area contributed by atoms with Crippen LogP contribution in [0.15, 0.2) is 246 Å². The van der Waals surface area contributed by atoms with E-state index in [1.165, 1.54) is 5.56 Å². The molecule has 65 heavy (non-hydrogen) atoms. The van der Waals surface area contributed by atoms with Crippen LogP contribution in [0, 0.1) is 35.5 Å². The summed E-state index contributed by atoms with van der Waals surface area (Å²) >= 11 is 0. The van der Waals surface area contributed by atoms with Crippen LogP contribution in [0.1, 0.15) is 39.6 Å². The van der Waals surface area contributed by atoms with E-state index in [1.54, 1.807) is 0 Å². The third kappa shape index (κ3) is 6.36. The van der Waals surface area contributed by atoms with Crippen molar-refractivity contribution in [1.29, 1.82) is 0 Å². The summed E-state index contributed by atoms with van der Waals surface area (Å²) < 4.78 is 0. The van der Waals surface area contributed by atoms with Crippen LogP contribution in [-0.4, -0.2) is 17.5 Å². The van der Waals surface area contributed by atoms with Crippen molar-refractivity contribution in [3.63, 3.8) is 0 Å². The van der Waals surface area contributed by atoms with Gasteiger partial charge >= 0.3 is 20.4 Å². The molecule has 4 aliphatic carbocycles. The molecule has 0 amide bonds. The standard InChI is InChI=1S/C60H44N4.Pd/c1-5-21-37(22-6-1)49-53-41-29-13-15-31-43(41)55(61-53)50(38-23-7-2-8-24-38)57-45-33-17-19-35-47(45)59(63-57)52(40-27-11-4-12-28-40)60-48-36-20-18-34-46(48)58(64-60)51(39-25-9-3-10-26-39)56-44-32-16-14-30-42(44)54(49)62-56;/h1-36,41-45,47,51,56H;/q-2;+2/b53-49-,55-50-,59-52-;. The third-order valence-corrected chi connectivity index (χ3v) is 14.4. The molecule has 4 nitrogen and oxygen atoms in total. The number of allylic oxidation sites excluding steroid dienone is 13. The molecule has 8 atom stereocenters. The quantitative estimate of drug-likeness (QED) is 0.163. The second-order valence-electron chi connectivity index (χ2n) is 17.8. The number of nitrogens with zero attached hydrogens (tertiary/aromatic N) is 4. The van der Waals surface area contributed by atoms with E-state index < -0.39 is 0 Å². The van der Waals surface area contributed by atoms with E-state index >= 15 is 0 Å². The number of benzene rings is 5. The molecule has 314 valence electrons. The van der Waals surface area contributed by atoms with Crippen LogP contribution in [0.25, 0.3) is 32.8 Å². The summed E-state index contributed by atoms with van der Waals surface area (Å²) in [6.45, 7) is 0. The molecule has 1 fully saturated rings. The van der Waals surface area contributed by atoms with Crippen LogP contribution in [0.4, 0.5) is 0 Å². The van der Waals surface area contributed by atoms with Gasteiger partial charge in [0.2, 0.25) is 0 Å². The second kappa shape index (κ2) is 16.3. The molecule has 13 rings (SSSR count). The molecule has 7 aliphatic rings. The molecule has 0 saturated carbocycles. The van der Waals surface area contributed by atoms with Gasteiger partial charge in [0.15, 0.2) is 0 Å². The summed E-state index contributed by atoms with van der Waals surface area (Å²) in [4.78, 5) is 18.0. The molecule has 0 radical (unpaired) electrons. The molecule has 8 unspecified atom stereocenters. The predicted molar refractivity (Wildman–Crippen MR) is 263 cm³/mol. The minimum atomic E-state index is -0.143. The van der Waals surface area contributed by atoms with E-state index in [4.69, 9.17) is 20.3 Å². The van der Waals surface area contributed by atoms with Gasteiger partial charge < -0.3 is 10.3 Å². The van der Waals surface area contributed by atoms with Gasteiger partial charge in [-0.05, 0) is 61.6 Å². The topological polar surface area (TPSA) is 52.9 Å². The van der Waals surface area contributed by atoms with Gasteiger partial charge in [0.25, 0.3) is 0 Å². The molecule has 6 aromatic rings. The Morgan fingerprint density at radius 2 is 0.892 bits per heavy atom. The Balaban J connectivity index is 0.00000444. The van der Waals surface area contributed by atoms with Gasteiger partial charge in [-0.25, -0.2) is 0 Å². The summed E-state index contributed by atoms with van der Waals surface area (Å²) in [5.41, 5.74) is 15.2. The van der Waals surface area contributed by atoms with E-state index in [0.717, 1.165) is 84.1 Å². The molecule has 3 aliphatic heterocycles. The van der Waals surface area contributed by atoms with Crippen molar-refractivity contribution in [2.24, 2.45) is 45.5 Å². The summed E-state index contributed by atoms with van der Waals surface area (Å²) in [7, 11) is 0. The van der Waals surface area contributed by atoms with Crippen molar-refractivity contribution in [2.45, 2.75) is 12.0 Å². The monoisotopic (exact) mass is 926 g/mol. The Kier molecular flexibility index (Phi) is 9.93. The van der Waals surface area contributed by atoms with Crippen LogP contribution in [0.2, 0.25) is 0 Å². The first-order valence-electron chi connectivity index (χ1n) is 22.7. The Labute approximate surface area is 394 Å². The van der Waals surface area contributed by atoms with Crippen molar-refractivity contribution in [2.75, 3.05) is 0 Å². The zero-order chi connectivity index (χ0) is 42.1. The normalized spacial score (nSPS) is 30.0. The molecule has 0 N–H and O–H groups in total. The van der Waals surface area contributed by atoms with E-state index in [2.05, 4.69) is 219 Å². The maximum absolute atomic E-state index is 6.07. The smallest absolute Gasteiger partial charge is 0.663 e. The Morgan fingerprint density at radius 1 is 0.415 bits per heavy atom. The van der Waals surface area contributed by atoms with Crippen molar-refractivity contribution in [3.05, 3.63) is 275 Å². The average molecular weight is 927 g/mol. The molecular weight excluding hydrogens is 883 g/mol. The maximum atomic E-state index is 6.07. The number of hydrogen-bond acceptors (Lipinski definition) is 2. The van der Waals surface area contributed by atoms with E-state index in [-0.39, 0.29) is 67.9 Å². The number of aliphatic imine (C=N–C) groups is 2. The van der Waals surface area contributed by atoms with Gasteiger partial charge in [0.1, 0.15) is 0 Å². The van der Waals surface area contributed by atoms with Crippen LogP contribution in [0.3, 0.4) is 0 Å². The summed E-state index contributed by atoms with van der Waals surface area (Å²) in [6.07, 6.45) is 27.5. The summed E-state index contributed by atoms with van der Waals surface area (Å²) in [6, 6.07) is 52.4. The van der Waals surface area contributed by atoms with Gasteiger partial charge in [-0.3, -0.25) is 9.98 Å². The number of rotatable bonds is 4. The fourth-order valence-corrected chi connectivity index (χ4v) is 11.6. The number of hydrogen-bond donors (Lipinski definition) is 0. The molecule has 5 aromatic carbocycles. The summed E-state index contributed by atoms with van der Waals surface area (Å²) in [5, 5.41) is 8.27. The maximum Gasteiger partial charge on any atom is 2.00 e. The Hall–Kier alpha value is -6.90. The Bertz CT molecular complexity index is 3210. The van der Waals surface area contributed by atoms with Gasteiger partial charge in [0.05, 0.1) is 17.5 Å². The van der Waals surface area contributed by atoms with E-state index in [0.29, 0.717) is 0 Å². The molecule has 5 heteroatoms. The van der Waals surface area contributed by atoms with Gasteiger partial charge in [-0.15, -0.1) is 22.8 Å². The molecule has 1 saturated heterocycles. The zero-order valence-electron chi connectivity index (χ0n) is 35.5. The van der Waals surface area contributed by atoms with Crippen molar-refractivity contribution in [3.8, 4) is 0 Å². The van der Waals surface area contributed by atoms with Gasteiger partial charge in [-0.2, -0.15) is 0 Å². The SMILES string of the molecule is C1=CC2C3=NC(=C(/c4ccccc4)c4[n-]c(c5ccccc45)C(c4ccccc4)C4N=C(/C(c5ccccc5)=C5\[N-]/C(=C\3c3ccccc3)C3C=CC=CC53)C3C=CC=CC34)/C2C=C1.[Pd+2]. The van der Waals surface area contributed by atoms with Crippen LogP contribution < -0.4 is 4.98 Å². The zero-order valence-corrected chi connectivity index (χ0v) is 37.1. The molecular formula is C60H44N4Pd. The van der Waals surface area contributed by atoms with E-state index in [1.807, 2.05) is 0 Å². The third-order valence-electron chi connectivity index (χ3n) is 14.4. The first-order valence-corrected chi connectivity index (χ1v) is 22.7. The minimum Gasteiger partial charge on any atom is -0.663 e. The molecule has 1 aromatic heterocycles. The second-order valence-corrected chi connectivity index (χ2v) is 17.8. The largest absolute Gasteiger partial charge is 2.00 e. The average Bonchev–Trinajstić information content (AvgIpc) is 4.14. The van der Waals surface area contributed by atoms with Gasteiger partial charge in [-0.1, -0.05) is 219 Å². The molecule has 4 heterocycles. The van der Waals surface area contributed by atoms with E-state index in [9.17, 15) is 0 Å². The molecule has 8 bridgehead atoms. The Morgan fingerprint density at radius 3 is 1.51 bits per heavy atom. The first-order chi connectivity index (χ1) is 31.8. The van der Waals surface area contributed by atoms with Crippen molar-refractivity contribution >= 4 is 38.9 Å². The molecule has 0 spiro atoms. The van der Waals surface area contributed by atoms with Crippen LogP contribution >= 0.6 is 0 Å². The van der Waals surface area contributed by atoms with Crippen LogP contribution in [-0.2, 0) is 20.4 Å². The van der Waals surface area contributed by atoms with Crippen LogP contribution in [0.5, 0.6) is 0 Å². The minimum absolute atomic E-state index is 0. The predicted octanol–water partition coefficient (Wildman–Crippen LogP) is 13.3. The van der Waals surface area contributed by atoms with Crippen molar-refractivity contribution < 1.29 is 20.4 Å². The summed E-state index contributed by atoms with van der Waals surface area (Å²) in [5.74, 6) is -0.00179. The fraction of sp³-hybridized carbons (Fsp3) is 0.133. The fourth-order valence-electron chi connectivity index (χ4n) is 11.6. The van der Waals surface area contributed by atoms with Crippen molar-refractivity contribution in [1.82, 2.24) is 4.98 Å². The number of aromatic nitrogens is 1.